The van der Waals surface area contributed by atoms with Crippen LogP contribution in [0.15, 0.2) is 24.3 Å². The van der Waals surface area contributed by atoms with E-state index < -0.39 is 0 Å². The molecular weight excluding hydrogens is 284 g/mol. The molecule has 2 fully saturated rings. The smallest absolute Gasteiger partial charge is 0.115 e. The molecule has 0 radical (unpaired) electrons. The molecule has 128 valence electrons. The largest absolute Gasteiger partial charge is 0.508 e. The van der Waals surface area contributed by atoms with Gasteiger partial charge in [0.1, 0.15) is 5.75 Å². The van der Waals surface area contributed by atoms with Crippen LogP contribution in [0.1, 0.15) is 51.1 Å². The van der Waals surface area contributed by atoms with Crippen molar-refractivity contribution in [2.75, 3.05) is 32.7 Å². The number of hydrogen-bond donors (Lipinski definition) is 1. The Morgan fingerprint density at radius 3 is 2.57 bits per heavy atom. The van der Waals surface area contributed by atoms with Crippen LogP contribution in [0.4, 0.5) is 0 Å². The second kappa shape index (κ2) is 7.67. The fourth-order valence-electron chi connectivity index (χ4n) is 4.34. The molecule has 3 heteroatoms. The lowest BCUT2D eigenvalue weighted by molar-refractivity contribution is 0.0517. The molecule has 2 aliphatic heterocycles. The van der Waals surface area contributed by atoms with Crippen LogP contribution in [0.5, 0.6) is 5.75 Å². The maximum atomic E-state index is 9.89. The van der Waals surface area contributed by atoms with Crippen molar-refractivity contribution < 1.29 is 5.11 Å². The summed E-state index contributed by atoms with van der Waals surface area (Å²) in [6.45, 7) is 10.8. The van der Waals surface area contributed by atoms with Crippen LogP contribution in [-0.2, 0) is 0 Å². The molecule has 0 aromatic heterocycles. The first-order valence-electron chi connectivity index (χ1n) is 9.40. The summed E-state index contributed by atoms with van der Waals surface area (Å²) in [6, 6.07) is 8.35. The molecule has 23 heavy (non-hydrogen) atoms. The third kappa shape index (κ3) is 4.07. The molecule has 3 nitrogen and oxygen atoms in total. The Hall–Kier alpha value is -1.06. The zero-order chi connectivity index (χ0) is 16.2. The average molecular weight is 316 g/mol. The Bertz CT molecular complexity index is 498. The highest BCUT2D eigenvalue weighted by Crippen LogP contribution is 2.39. The van der Waals surface area contributed by atoms with E-state index in [0.717, 1.165) is 12.5 Å². The molecule has 0 saturated carbocycles. The van der Waals surface area contributed by atoms with Gasteiger partial charge in [0.05, 0.1) is 0 Å². The van der Waals surface area contributed by atoms with E-state index in [0.29, 0.717) is 17.7 Å². The number of nitrogens with zero attached hydrogens (tertiary/aromatic N) is 2. The Balaban J connectivity index is 1.70. The minimum atomic E-state index is 0.393. The summed E-state index contributed by atoms with van der Waals surface area (Å²) in [7, 11) is 0. The van der Waals surface area contributed by atoms with E-state index in [4.69, 9.17) is 0 Å². The Morgan fingerprint density at radius 1 is 1.04 bits per heavy atom. The summed E-state index contributed by atoms with van der Waals surface area (Å²) in [5.74, 6) is 1.77. The molecule has 0 aliphatic carbocycles. The molecule has 0 amide bonds. The SMILES string of the molecule is C[C@H]1CCN(CCN2CCCCC2)C(c2cccc(O)c2)[C@@H]1C. The first-order chi connectivity index (χ1) is 11.1. The van der Waals surface area contributed by atoms with E-state index in [1.807, 2.05) is 12.1 Å². The predicted molar refractivity (Wildman–Crippen MR) is 95.7 cm³/mol. The maximum Gasteiger partial charge on any atom is 0.115 e. The number of likely N-dealkylation sites (tertiary alicyclic amines) is 2. The zero-order valence-electron chi connectivity index (χ0n) is 14.7. The molecule has 1 unspecified atom stereocenters. The molecule has 0 spiro atoms. The van der Waals surface area contributed by atoms with E-state index in [2.05, 4.69) is 29.7 Å². The molecule has 1 aromatic rings. The lowest BCUT2D eigenvalue weighted by Crippen LogP contribution is -2.45. The van der Waals surface area contributed by atoms with Crippen molar-refractivity contribution >= 4 is 0 Å². The lowest BCUT2D eigenvalue weighted by Gasteiger charge is -2.44. The van der Waals surface area contributed by atoms with Crippen molar-refractivity contribution in [3.63, 3.8) is 0 Å². The number of phenols is 1. The number of aromatic hydroxyl groups is 1. The predicted octanol–water partition coefficient (Wildman–Crippen LogP) is 3.90. The van der Waals surface area contributed by atoms with E-state index in [1.165, 1.54) is 57.4 Å². The standard InChI is InChI=1S/C20H32N2O/c1-16-9-12-22(14-13-21-10-4-3-5-11-21)20(17(16)2)18-7-6-8-19(23)15-18/h6-8,15-17,20,23H,3-5,9-14H2,1-2H3/t16-,17+,20?/m0/s1. The minimum absolute atomic E-state index is 0.393. The minimum Gasteiger partial charge on any atom is -0.508 e. The van der Waals surface area contributed by atoms with Gasteiger partial charge >= 0.3 is 0 Å². The van der Waals surface area contributed by atoms with Gasteiger partial charge in [-0.2, -0.15) is 0 Å². The highest BCUT2D eigenvalue weighted by Gasteiger charge is 2.34. The summed E-state index contributed by atoms with van der Waals surface area (Å²) in [5, 5.41) is 9.89. The molecule has 3 atom stereocenters. The van der Waals surface area contributed by atoms with Crippen LogP contribution in [0, 0.1) is 11.8 Å². The number of piperidine rings is 2. The first kappa shape index (κ1) is 16.8. The van der Waals surface area contributed by atoms with Gasteiger partial charge in [0.25, 0.3) is 0 Å². The Morgan fingerprint density at radius 2 is 1.83 bits per heavy atom. The van der Waals surface area contributed by atoms with Crippen LogP contribution in [0.25, 0.3) is 0 Å². The maximum absolute atomic E-state index is 9.89. The highest BCUT2D eigenvalue weighted by atomic mass is 16.3. The van der Waals surface area contributed by atoms with Crippen molar-refractivity contribution in [2.24, 2.45) is 11.8 Å². The molecule has 2 heterocycles. The van der Waals surface area contributed by atoms with E-state index >= 15 is 0 Å². The summed E-state index contributed by atoms with van der Waals surface area (Å²) in [5.41, 5.74) is 1.28. The van der Waals surface area contributed by atoms with Crippen molar-refractivity contribution in [3.05, 3.63) is 29.8 Å². The lowest BCUT2D eigenvalue weighted by atomic mass is 9.79. The fraction of sp³-hybridized carbons (Fsp3) is 0.700. The van der Waals surface area contributed by atoms with Gasteiger partial charge in [-0.25, -0.2) is 0 Å². The third-order valence-electron chi connectivity index (χ3n) is 6.02. The quantitative estimate of drug-likeness (QED) is 0.912. The van der Waals surface area contributed by atoms with Crippen molar-refractivity contribution in [1.82, 2.24) is 9.80 Å². The summed E-state index contributed by atoms with van der Waals surface area (Å²) in [6.07, 6.45) is 5.42. The van der Waals surface area contributed by atoms with Crippen LogP contribution in [0.2, 0.25) is 0 Å². The molecule has 2 aliphatic rings. The molecule has 0 bridgehead atoms. The second-order valence-corrected chi connectivity index (χ2v) is 7.60. The Labute approximate surface area is 141 Å². The van der Waals surface area contributed by atoms with E-state index in [9.17, 15) is 5.11 Å². The van der Waals surface area contributed by atoms with Crippen LogP contribution < -0.4 is 0 Å². The number of hydrogen-bond acceptors (Lipinski definition) is 3. The van der Waals surface area contributed by atoms with Gasteiger partial charge in [-0.3, -0.25) is 4.90 Å². The molecular formula is C20H32N2O. The topological polar surface area (TPSA) is 26.7 Å². The zero-order valence-corrected chi connectivity index (χ0v) is 14.7. The highest BCUT2D eigenvalue weighted by molar-refractivity contribution is 5.30. The monoisotopic (exact) mass is 316 g/mol. The molecule has 1 aromatic carbocycles. The van der Waals surface area contributed by atoms with Gasteiger partial charge in [-0.05, 0) is 68.4 Å². The third-order valence-corrected chi connectivity index (χ3v) is 6.02. The van der Waals surface area contributed by atoms with Crippen LogP contribution in [0.3, 0.4) is 0 Å². The van der Waals surface area contributed by atoms with Crippen molar-refractivity contribution in [3.8, 4) is 5.75 Å². The van der Waals surface area contributed by atoms with E-state index in [-0.39, 0.29) is 0 Å². The first-order valence-corrected chi connectivity index (χ1v) is 9.40. The second-order valence-electron chi connectivity index (χ2n) is 7.60. The van der Waals surface area contributed by atoms with Gasteiger partial charge in [0.15, 0.2) is 0 Å². The van der Waals surface area contributed by atoms with Crippen LogP contribution >= 0.6 is 0 Å². The Kier molecular flexibility index (Phi) is 5.60. The van der Waals surface area contributed by atoms with Gasteiger partial charge in [0.2, 0.25) is 0 Å². The summed E-state index contributed by atoms with van der Waals surface area (Å²) >= 11 is 0. The van der Waals surface area contributed by atoms with Gasteiger partial charge in [0, 0.05) is 19.1 Å². The summed E-state index contributed by atoms with van der Waals surface area (Å²) < 4.78 is 0. The molecule has 2 saturated heterocycles. The van der Waals surface area contributed by atoms with Gasteiger partial charge in [-0.1, -0.05) is 32.4 Å². The fourth-order valence-corrected chi connectivity index (χ4v) is 4.34. The normalized spacial score (nSPS) is 30.4. The van der Waals surface area contributed by atoms with Gasteiger partial charge < -0.3 is 10.0 Å². The van der Waals surface area contributed by atoms with E-state index in [1.54, 1.807) is 6.07 Å². The van der Waals surface area contributed by atoms with Crippen LogP contribution in [-0.4, -0.2) is 47.6 Å². The number of benzene rings is 1. The summed E-state index contributed by atoms with van der Waals surface area (Å²) in [4.78, 5) is 5.29. The van der Waals surface area contributed by atoms with Gasteiger partial charge in [-0.15, -0.1) is 0 Å². The number of rotatable bonds is 4. The number of phenolic OH excluding ortho intramolecular Hbond substituents is 1. The average Bonchev–Trinajstić information content (AvgIpc) is 2.57. The van der Waals surface area contributed by atoms with Crippen molar-refractivity contribution in [1.29, 1.82) is 0 Å². The van der Waals surface area contributed by atoms with Crippen molar-refractivity contribution in [2.45, 2.75) is 45.6 Å². The molecule has 3 rings (SSSR count). The molecule has 1 N–H and O–H groups in total.